The Balaban J connectivity index is 2.21. The number of hydrogen-bond acceptors (Lipinski definition) is 2. The second-order valence-electron chi connectivity index (χ2n) is 5.37. The molecule has 1 aliphatic heterocycles. The first kappa shape index (κ1) is 13.8. The van der Waals surface area contributed by atoms with Crippen LogP contribution in [0.2, 0.25) is 5.02 Å². The van der Waals surface area contributed by atoms with Crippen molar-refractivity contribution in [3.8, 4) is 5.75 Å². The Bertz CT molecular complexity index is 471. The number of fused-ring (bicyclic) bond motifs is 1. The first-order valence-electron chi connectivity index (χ1n) is 5.98. The minimum absolute atomic E-state index is 0.0612. The van der Waals surface area contributed by atoms with E-state index in [4.69, 9.17) is 16.3 Å². The van der Waals surface area contributed by atoms with Crippen molar-refractivity contribution in [2.45, 2.75) is 38.0 Å². The molecule has 1 N–H and O–H groups in total. The lowest BCUT2D eigenvalue weighted by atomic mass is 10.0. The van der Waals surface area contributed by atoms with Crippen LogP contribution in [0.25, 0.3) is 0 Å². The van der Waals surface area contributed by atoms with E-state index in [0.29, 0.717) is 11.6 Å². The second-order valence-corrected chi connectivity index (χ2v) is 7.81. The standard InChI is InChI=1S/C13H18ClNO2S/c1-13(2,3)18(16)15-11-6-7-17-12-8-9(14)4-5-10(11)12/h4-5,8,11,15H,6-7H2,1-3H3/t11-,18?/m0/s1. The number of halogens is 1. The topological polar surface area (TPSA) is 38.3 Å². The molecular weight excluding hydrogens is 270 g/mol. The molecule has 1 aromatic carbocycles. The SMILES string of the molecule is CC(C)(C)S(=O)N[C@H]1CCOc2cc(Cl)ccc21. The summed E-state index contributed by atoms with van der Waals surface area (Å²) in [6.45, 7) is 6.49. The van der Waals surface area contributed by atoms with Crippen LogP contribution in [-0.4, -0.2) is 15.6 Å². The van der Waals surface area contributed by atoms with E-state index in [1.807, 2.05) is 39.0 Å². The van der Waals surface area contributed by atoms with Gasteiger partial charge in [0.05, 0.1) is 28.4 Å². The van der Waals surface area contributed by atoms with Crippen LogP contribution in [0.3, 0.4) is 0 Å². The fraction of sp³-hybridized carbons (Fsp3) is 0.538. The summed E-state index contributed by atoms with van der Waals surface area (Å²) >= 11 is 5.94. The summed E-state index contributed by atoms with van der Waals surface area (Å²) in [5, 5.41) is 0.659. The van der Waals surface area contributed by atoms with Crippen molar-refractivity contribution in [1.82, 2.24) is 4.72 Å². The van der Waals surface area contributed by atoms with Crippen molar-refractivity contribution in [3.05, 3.63) is 28.8 Å². The first-order valence-corrected chi connectivity index (χ1v) is 7.51. The summed E-state index contributed by atoms with van der Waals surface area (Å²) in [6, 6.07) is 5.65. The molecule has 0 bridgehead atoms. The molecule has 0 saturated heterocycles. The van der Waals surface area contributed by atoms with Gasteiger partial charge in [-0.05, 0) is 32.9 Å². The van der Waals surface area contributed by atoms with Gasteiger partial charge in [0.25, 0.3) is 0 Å². The molecule has 0 saturated carbocycles. The molecule has 0 fully saturated rings. The van der Waals surface area contributed by atoms with Gasteiger partial charge in [0, 0.05) is 17.0 Å². The Kier molecular flexibility index (Phi) is 3.99. The van der Waals surface area contributed by atoms with Crippen molar-refractivity contribution in [2.24, 2.45) is 0 Å². The van der Waals surface area contributed by atoms with Crippen LogP contribution in [0.15, 0.2) is 18.2 Å². The molecule has 0 aliphatic carbocycles. The highest BCUT2D eigenvalue weighted by molar-refractivity contribution is 7.84. The molecule has 0 aromatic heterocycles. The number of hydrogen-bond donors (Lipinski definition) is 1. The fourth-order valence-electron chi connectivity index (χ4n) is 1.79. The van der Waals surface area contributed by atoms with Gasteiger partial charge in [-0.2, -0.15) is 0 Å². The normalized spacial score (nSPS) is 21.0. The maximum absolute atomic E-state index is 12.1. The molecule has 0 radical (unpaired) electrons. The van der Waals surface area contributed by atoms with Crippen LogP contribution in [0.1, 0.15) is 38.8 Å². The quantitative estimate of drug-likeness (QED) is 0.907. The van der Waals surface area contributed by atoms with Crippen molar-refractivity contribution >= 4 is 22.6 Å². The van der Waals surface area contributed by atoms with E-state index in [1.54, 1.807) is 0 Å². The Labute approximate surface area is 115 Å². The predicted octanol–water partition coefficient (Wildman–Crippen LogP) is 3.22. The van der Waals surface area contributed by atoms with Gasteiger partial charge in [-0.3, -0.25) is 0 Å². The fourth-order valence-corrected chi connectivity index (χ4v) is 2.81. The Morgan fingerprint density at radius 1 is 1.44 bits per heavy atom. The van der Waals surface area contributed by atoms with E-state index in [9.17, 15) is 4.21 Å². The lowest BCUT2D eigenvalue weighted by Crippen LogP contribution is -2.37. The van der Waals surface area contributed by atoms with E-state index in [2.05, 4.69) is 4.72 Å². The van der Waals surface area contributed by atoms with E-state index in [0.717, 1.165) is 17.7 Å². The van der Waals surface area contributed by atoms with Gasteiger partial charge in [-0.15, -0.1) is 0 Å². The van der Waals surface area contributed by atoms with E-state index in [-0.39, 0.29) is 10.8 Å². The molecular formula is C13H18ClNO2S. The van der Waals surface area contributed by atoms with Gasteiger partial charge in [-0.25, -0.2) is 8.93 Å². The summed E-state index contributed by atoms with van der Waals surface area (Å²) in [6.07, 6.45) is 0.816. The van der Waals surface area contributed by atoms with E-state index >= 15 is 0 Å². The van der Waals surface area contributed by atoms with E-state index in [1.165, 1.54) is 0 Å². The molecule has 1 aromatic rings. The molecule has 2 atom stereocenters. The second kappa shape index (κ2) is 5.19. The smallest absolute Gasteiger partial charge is 0.125 e. The van der Waals surface area contributed by atoms with Crippen molar-refractivity contribution < 1.29 is 8.95 Å². The maximum atomic E-state index is 12.1. The lowest BCUT2D eigenvalue weighted by molar-refractivity contribution is 0.263. The molecule has 2 rings (SSSR count). The third-order valence-corrected chi connectivity index (χ3v) is 4.67. The van der Waals surface area contributed by atoms with Crippen LogP contribution < -0.4 is 9.46 Å². The third kappa shape index (κ3) is 3.05. The molecule has 1 unspecified atom stereocenters. The largest absolute Gasteiger partial charge is 0.493 e. The van der Waals surface area contributed by atoms with Crippen LogP contribution in [0.5, 0.6) is 5.75 Å². The van der Waals surface area contributed by atoms with Gasteiger partial charge >= 0.3 is 0 Å². The highest BCUT2D eigenvalue weighted by atomic mass is 35.5. The minimum atomic E-state index is -1.09. The van der Waals surface area contributed by atoms with Crippen molar-refractivity contribution in [3.63, 3.8) is 0 Å². The summed E-state index contributed by atoms with van der Waals surface area (Å²) in [7, 11) is -1.09. The monoisotopic (exact) mass is 287 g/mol. The lowest BCUT2D eigenvalue weighted by Gasteiger charge is -2.29. The zero-order valence-electron chi connectivity index (χ0n) is 10.8. The highest BCUT2D eigenvalue weighted by Crippen LogP contribution is 2.34. The molecule has 5 heteroatoms. The van der Waals surface area contributed by atoms with Crippen LogP contribution >= 0.6 is 11.6 Å². The van der Waals surface area contributed by atoms with Gasteiger partial charge < -0.3 is 4.74 Å². The van der Waals surface area contributed by atoms with Crippen LogP contribution in [0, 0.1) is 0 Å². The molecule has 1 aliphatic rings. The predicted molar refractivity (Wildman–Crippen MR) is 75.3 cm³/mol. The molecule has 1 heterocycles. The number of rotatable bonds is 2. The summed E-state index contributed by atoms with van der Waals surface area (Å²) in [5.74, 6) is 0.789. The maximum Gasteiger partial charge on any atom is 0.125 e. The van der Waals surface area contributed by atoms with E-state index < -0.39 is 11.0 Å². The van der Waals surface area contributed by atoms with Gasteiger partial charge in [0.15, 0.2) is 0 Å². The average molecular weight is 288 g/mol. The van der Waals surface area contributed by atoms with Gasteiger partial charge in [-0.1, -0.05) is 17.7 Å². The van der Waals surface area contributed by atoms with Crippen LogP contribution in [0.4, 0.5) is 0 Å². The third-order valence-electron chi connectivity index (χ3n) is 2.82. The van der Waals surface area contributed by atoms with Crippen molar-refractivity contribution in [2.75, 3.05) is 6.61 Å². The van der Waals surface area contributed by atoms with Gasteiger partial charge in [0.1, 0.15) is 5.75 Å². The summed E-state index contributed by atoms with van der Waals surface area (Å²) in [4.78, 5) is 0. The Morgan fingerprint density at radius 3 is 2.83 bits per heavy atom. The molecule has 18 heavy (non-hydrogen) atoms. The first-order chi connectivity index (χ1) is 8.38. The Hall–Kier alpha value is -0.580. The number of nitrogens with one attached hydrogen (secondary N) is 1. The molecule has 3 nitrogen and oxygen atoms in total. The molecule has 100 valence electrons. The molecule has 0 spiro atoms. The molecule has 0 amide bonds. The summed E-state index contributed by atoms with van der Waals surface area (Å²) < 4.78 is 20.6. The van der Waals surface area contributed by atoms with Crippen molar-refractivity contribution in [1.29, 1.82) is 0 Å². The zero-order chi connectivity index (χ0) is 13.3. The Morgan fingerprint density at radius 2 is 2.17 bits per heavy atom. The minimum Gasteiger partial charge on any atom is -0.493 e. The zero-order valence-corrected chi connectivity index (χ0v) is 12.4. The van der Waals surface area contributed by atoms with Crippen LogP contribution in [-0.2, 0) is 11.0 Å². The number of benzene rings is 1. The number of ether oxygens (including phenoxy) is 1. The average Bonchev–Trinajstić information content (AvgIpc) is 2.27. The highest BCUT2D eigenvalue weighted by Gasteiger charge is 2.27. The summed E-state index contributed by atoms with van der Waals surface area (Å²) in [5.41, 5.74) is 1.03. The van der Waals surface area contributed by atoms with Gasteiger partial charge in [0.2, 0.25) is 0 Å².